The standard InChI is InChI=1S/C19H24N2/c1-15-6-5-7-16(2)19(15)14-20-17-8-10-18(11-9-17)21-12-3-4-13-21/h5-11,20H,3-4,12-14H2,1-2H3. The van der Waals surface area contributed by atoms with Crippen LogP contribution < -0.4 is 10.2 Å². The van der Waals surface area contributed by atoms with Crippen molar-refractivity contribution in [1.82, 2.24) is 0 Å². The second kappa shape index (κ2) is 6.21. The van der Waals surface area contributed by atoms with Crippen molar-refractivity contribution in [2.24, 2.45) is 0 Å². The van der Waals surface area contributed by atoms with Crippen molar-refractivity contribution < 1.29 is 0 Å². The van der Waals surface area contributed by atoms with E-state index in [1.54, 1.807) is 0 Å². The smallest absolute Gasteiger partial charge is 0.0406 e. The number of hydrogen-bond acceptors (Lipinski definition) is 2. The van der Waals surface area contributed by atoms with Gasteiger partial charge < -0.3 is 10.2 Å². The van der Waals surface area contributed by atoms with Gasteiger partial charge in [0.25, 0.3) is 0 Å². The minimum absolute atomic E-state index is 0.890. The predicted molar refractivity (Wildman–Crippen MR) is 91.1 cm³/mol. The lowest BCUT2D eigenvalue weighted by atomic mass is 10.0. The first kappa shape index (κ1) is 14.0. The molecule has 1 N–H and O–H groups in total. The highest BCUT2D eigenvalue weighted by Crippen LogP contribution is 2.23. The van der Waals surface area contributed by atoms with Crippen LogP contribution in [0.25, 0.3) is 0 Å². The summed E-state index contributed by atoms with van der Waals surface area (Å²) in [5, 5.41) is 3.54. The van der Waals surface area contributed by atoms with E-state index in [0.29, 0.717) is 0 Å². The molecule has 1 saturated heterocycles. The maximum Gasteiger partial charge on any atom is 0.0406 e. The first-order valence-corrected chi connectivity index (χ1v) is 7.88. The van der Waals surface area contributed by atoms with Gasteiger partial charge in [0.1, 0.15) is 0 Å². The topological polar surface area (TPSA) is 15.3 Å². The van der Waals surface area contributed by atoms with E-state index < -0.39 is 0 Å². The summed E-state index contributed by atoms with van der Waals surface area (Å²) >= 11 is 0. The Morgan fingerprint density at radius 1 is 0.905 bits per heavy atom. The van der Waals surface area contributed by atoms with E-state index in [1.165, 1.54) is 54.0 Å². The summed E-state index contributed by atoms with van der Waals surface area (Å²) in [6.07, 6.45) is 2.65. The van der Waals surface area contributed by atoms with Gasteiger partial charge in [-0.15, -0.1) is 0 Å². The van der Waals surface area contributed by atoms with E-state index in [9.17, 15) is 0 Å². The van der Waals surface area contributed by atoms with E-state index in [0.717, 1.165) is 6.54 Å². The third-order valence-electron chi connectivity index (χ3n) is 4.45. The summed E-state index contributed by atoms with van der Waals surface area (Å²) in [5.41, 5.74) is 6.67. The Morgan fingerprint density at radius 2 is 1.52 bits per heavy atom. The van der Waals surface area contributed by atoms with Crippen LogP contribution in [0.2, 0.25) is 0 Å². The second-order valence-electron chi connectivity index (χ2n) is 5.96. The lowest BCUT2D eigenvalue weighted by Crippen LogP contribution is -2.17. The van der Waals surface area contributed by atoms with Crippen molar-refractivity contribution in [2.45, 2.75) is 33.2 Å². The third-order valence-corrected chi connectivity index (χ3v) is 4.45. The molecule has 0 bridgehead atoms. The number of nitrogens with zero attached hydrogens (tertiary/aromatic N) is 1. The summed E-state index contributed by atoms with van der Waals surface area (Å²) in [5.74, 6) is 0. The Bertz CT molecular complexity index is 575. The van der Waals surface area contributed by atoms with Crippen molar-refractivity contribution in [3.63, 3.8) is 0 Å². The molecular weight excluding hydrogens is 256 g/mol. The molecule has 0 radical (unpaired) electrons. The van der Waals surface area contributed by atoms with Crippen LogP contribution in [0.5, 0.6) is 0 Å². The van der Waals surface area contributed by atoms with E-state index in [-0.39, 0.29) is 0 Å². The van der Waals surface area contributed by atoms with Gasteiger partial charge >= 0.3 is 0 Å². The fraction of sp³-hybridized carbons (Fsp3) is 0.368. The van der Waals surface area contributed by atoms with Crippen molar-refractivity contribution in [3.8, 4) is 0 Å². The highest BCUT2D eigenvalue weighted by molar-refractivity contribution is 5.56. The normalized spacial score (nSPS) is 14.5. The molecular formula is C19H24N2. The highest BCUT2D eigenvalue weighted by Gasteiger charge is 2.11. The van der Waals surface area contributed by atoms with Crippen molar-refractivity contribution >= 4 is 11.4 Å². The molecule has 1 heterocycles. The SMILES string of the molecule is Cc1cccc(C)c1CNc1ccc(N2CCCC2)cc1. The van der Waals surface area contributed by atoms with E-state index in [2.05, 4.69) is 66.5 Å². The van der Waals surface area contributed by atoms with Crippen molar-refractivity contribution in [3.05, 3.63) is 59.2 Å². The number of benzene rings is 2. The molecule has 0 saturated carbocycles. The second-order valence-corrected chi connectivity index (χ2v) is 5.96. The maximum atomic E-state index is 3.54. The van der Waals surface area contributed by atoms with Gasteiger partial charge in [-0.2, -0.15) is 0 Å². The summed E-state index contributed by atoms with van der Waals surface area (Å²) < 4.78 is 0. The summed E-state index contributed by atoms with van der Waals surface area (Å²) in [6, 6.07) is 15.3. The van der Waals surface area contributed by atoms with E-state index >= 15 is 0 Å². The lowest BCUT2D eigenvalue weighted by molar-refractivity contribution is 0.949. The Balaban J connectivity index is 1.65. The van der Waals surface area contributed by atoms with Gasteiger partial charge in [-0.1, -0.05) is 18.2 Å². The van der Waals surface area contributed by atoms with Crippen LogP contribution in [0.4, 0.5) is 11.4 Å². The zero-order valence-electron chi connectivity index (χ0n) is 13.0. The molecule has 1 aliphatic rings. The van der Waals surface area contributed by atoms with Crippen LogP contribution in [0.3, 0.4) is 0 Å². The van der Waals surface area contributed by atoms with Crippen LogP contribution in [-0.2, 0) is 6.54 Å². The molecule has 0 aliphatic carbocycles. The molecule has 1 aliphatic heterocycles. The monoisotopic (exact) mass is 280 g/mol. The van der Waals surface area contributed by atoms with Crippen LogP contribution >= 0.6 is 0 Å². The van der Waals surface area contributed by atoms with Gasteiger partial charge in [0.2, 0.25) is 0 Å². The molecule has 0 unspecified atom stereocenters. The van der Waals surface area contributed by atoms with Crippen LogP contribution in [0.1, 0.15) is 29.5 Å². The molecule has 2 nitrogen and oxygen atoms in total. The molecule has 0 aromatic heterocycles. The predicted octanol–water partition coefficient (Wildman–Crippen LogP) is 4.52. The van der Waals surface area contributed by atoms with Gasteiger partial charge in [0.05, 0.1) is 0 Å². The number of anilines is 2. The fourth-order valence-corrected chi connectivity index (χ4v) is 3.08. The number of rotatable bonds is 4. The minimum atomic E-state index is 0.890. The lowest BCUT2D eigenvalue weighted by Gasteiger charge is -2.18. The molecule has 2 aromatic carbocycles. The fourth-order valence-electron chi connectivity index (χ4n) is 3.08. The molecule has 110 valence electrons. The Morgan fingerprint density at radius 3 is 2.14 bits per heavy atom. The molecule has 2 heteroatoms. The van der Waals surface area contributed by atoms with Crippen LogP contribution in [0, 0.1) is 13.8 Å². The summed E-state index contributed by atoms with van der Waals surface area (Å²) in [6.45, 7) is 7.66. The maximum absolute atomic E-state index is 3.54. The molecule has 0 spiro atoms. The molecule has 1 fully saturated rings. The summed E-state index contributed by atoms with van der Waals surface area (Å²) in [4.78, 5) is 2.47. The van der Waals surface area contributed by atoms with Gasteiger partial charge in [0, 0.05) is 31.0 Å². The zero-order chi connectivity index (χ0) is 14.7. The van der Waals surface area contributed by atoms with E-state index in [1.807, 2.05) is 0 Å². The molecule has 2 aromatic rings. The Hall–Kier alpha value is -1.96. The number of hydrogen-bond donors (Lipinski definition) is 1. The molecule has 3 rings (SSSR count). The number of aryl methyl sites for hydroxylation is 2. The Labute approximate surface area is 127 Å². The van der Waals surface area contributed by atoms with Crippen molar-refractivity contribution in [2.75, 3.05) is 23.3 Å². The molecule has 0 atom stereocenters. The van der Waals surface area contributed by atoms with Crippen LogP contribution in [0.15, 0.2) is 42.5 Å². The Kier molecular flexibility index (Phi) is 4.14. The van der Waals surface area contributed by atoms with Gasteiger partial charge in [0.15, 0.2) is 0 Å². The average Bonchev–Trinajstić information content (AvgIpc) is 3.02. The number of nitrogens with one attached hydrogen (secondary N) is 1. The highest BCUT2D eigenvalue weighted by atomic mass is 15.1. The summed E-state index contributed by atoms with van der Waals surface area (Å²) in [7, 11) is 0. The average molecular weight is 280 g/mol. The largest absolute Gasteiger partial charge is 0.381 e. The first-order chi connectivity index (χ1) is 10.2. The van der Waals surface area contributed by atoms with Gasteiger partial charge in [-0.05, 0) is 67.6 Å². The van der Waals surface area contributed by atoms with Crippen LogP contribution in [-0.4, -0.2) is 13.1 Å². The molecule has 0 amide bonds. The van der Waals surface area contributed by atoms with Gasteiger partial charge in [-0.25, -0.2) is 0 Å². The zero-order valence-corrected chi connectivity index (χ0v) is 13.0. The van der Waals surface area contributed by atoms with E-state index in [4.69, 9.17) is 0 Å². The van der Waals surface area contributed by atoms with Gasteiger partial charge in [-0.3, -0.25) is 0 Å². The van der Waals surface area contributed by atoms with Crippen molar-refractivity contribution in [1.29, 1.82) is 0 Å². The molecule has 21 heavy (non-hydrogen) atoms. The first-order valence-electron chi connectivity index (χ1n) is 7.88. The minimum Gasteiger partial charge on any atom is -0.381 e. The third kappa shape index (κ3) is 3.21. The quantitative estimate of drug-likeness (QED) is 0.886.